The Labute approximate surface area is 107 Å². The fourth-order valence-electron chi connectivity index (χ4n) is 3.39. The van der Waals surface area contributed by atoms with E-state index in [1.165, 1.54) is 0 Å². The van der Waals surface area contributed by atoms with Gasteiger partial charge in [0.1, 0.15) is 0 Å². The number of hydrogen-bond donors (Lipinski definition) is 1. The van der Waals surface area contributed by atoms with Gasteiger partial charge >= 0.3 is 6.18 Å². The predicted octanol–water partition coefficient (Wildman–Crippen LogP) is 2.79. The smallest absolute Gasteiger partial charge is 0.314 e. The maximum absolute atomic E-state index is 12.6. The molecule has 0 aromatic rings. The van der Waals surface area contributed by atoms with Gasteiger partial charge < -0.3 is 5.32 Å². The number of alkyl halides is 3. The summed E-state index contributed by atoms with van der Waals surface area (Å²) in [5.41, 5.74) is 0.0635. The van der Waals surface area contributed by atoms with Crippen molar-refractivity contribution in [2.75, 3.05) is 19.6 Å². The largest absolute Gasteiger partial charge is 0.391 e. The summed E-state index contributed by atoms with van der Waals surface area (Å²) in [7, 11) is 0. The molecule has 1 N–H and O–H groups in total. The highest BCUT2D eigenvalue weighted by Crippen LogP contribution is 2.40. The third-order valence-electron chi connectivity index (χ3n) is 4.46. The van der Waals surface area contributed by atoms with Crippen LogP contribution < -0.4 is 5.32 Å². The van der Waals surface area contributed by atoms with Crippen molar-refractivity contribution in [2.24, 2.45) is 5.92 Å². The van der Waals surface area contributed by atoms with Gasteiger partial charge in [-0.25, -0.2) is 0 Å². The molecule has 0 aromatic heterocycles. The highest BCUT2D eigenvalue weighted by atomic mass is 19.4. The molecule has 0 atom stereocenters. The van der Waals surface area contributed by atoms with Crippen molar-refractivity contribution < 1.29 is 13.2 Å². The molecule has 1 heterocycles. The molecule has 106 valence electrons. The van der Waals surface area contributed by atoms with E-state index in [2.05, 4.69) is 24.1 Å². The van der Waals surface area contributed by atoms with Crippen LogP contribution in [0.25, 0.3) is 0 Å². The van der Waals surface area contributed by atoms with E-state index in [-0.39, 0.29) is 5.54 Å². The zero-order valence-corrected chi connectivity index (χ0v) is 11.2. The van der Waals surface area contributed by atoms with E-state index >= 15 is 0 Å². The van der Waals surface area contributed by atoms with Gasteiger partial charge in [-0.15, -0.1) is 0 Å². The van der Waals surface area contributed by atoms with E-state index in [0.29, 0.717) is 31.7 Å². The topological polar surface area (TPSA) is 15.3 Å². The van der Waals surface area contributed by atoms with Gasteiger partial charge in [-0.2, -0.15) is 13.2 Å². The van der Waals surface area contributed by atoms with Gasteiger partial charge in [0.25, 0.3) is 0 Å². The molecule has 0 unspecified atom stereocenters. The van der Waals surface area contributed by atoms with Gasteiger partial charge in [-0.1, -0.05) is 0 Å². The lowest BCUT2D eigenvalue weighted by Gasteiger charge is -2.49. The van der Waals surface area contributed by atoms with E-state index in [0.717, 1.165) is 19.6 Å². The first kappa shape index (κ1) is 14.1. The first-order chi connectivity index (χ1) is 8.31. The minimum absolute atomic E-state index is 0.0635. The summed E-state index contributed by atoms with van der Waals surface area (Å²) in [6, 6.07) is 0.334. The molecule has 18 heavy (non-hydrogen) atoms. The van der Waals surface area contributed by atoms with E-state index in [1.54, 1.807) is 0 Å². The quantitative estimate of drug-likeness (QED) is 0.783. The molecule has 0 radical (unpaired) electrons. The van der Waals surface area contributed by atoms with Gasteiger partial charge in [-0.3, -0.25) is 4.90 Å². The summed E-state index contributed by atoms with van der Waals surface area (Å²) >= 11 is 0. The molecular weight excluding hydrogens is 241 g/mol. The number of nitrogens with zero attached hydrogens (tertiary/aromatic N) is 1. The van der Waals surface area contributed by atoms with Crippen LogP contribution in [0.4, 0.5) is 13.2 Å². The van der Waals surface area contributed by atoms with E-state index in [1.807, 2.05) is 0 Å². The highest BCUT2D eigenvalue weighted by molar-refractivity contribution is 4.94. The fraction of sp³-hybridized carbons (Fsp3) is 1.00. The van der Waals surface area contributed by atoms with Crippen LogP contribution in [-0.4, -0.2) is 42.3 Å². The Balaban J connectivity index is 1.93. The van der Waals surface area contributed by atoms with Crippen LogP contribution in [0, 0.1) is 5.92 Å². The lowest BCUT2D eigenvalue weighted by molar-refractivity contribution is -0.185. The zero-order valence-electron chi connectivity index (χ0n) is 11.2. The number of nitrogens with one attached hydrogen (secondary N) is 1. The Bertz CT molecular complexity index is 280. The molecular formula is C13H23F3N2. The monoisotopic (exact) mass is 264 g/mol. The molecule has 0 amide bonds. The predicted molar refractivity (Wildman–Crippen MR) is 65.5 cm³/mol. The maximum atomic E-state index is 12.6. The molecule has 1 saturated heterocycles. The Morgan fingerprint density at radius 3 is 2.22 bits per heavy atom. The van der Waals surface area contributed by atoms with E-state index in [4.69, 9.17) is 0 Å². The SMILES string of the molecule is CC1(C)CNCCN1C1CCC(C(F)(F)F)CC1. The molecule has 2 fully saturated rings. The molecule has 1 aliphatic carbocycles. The number of hydrogen-bond acceptors (Lipinski definition) is 2. The van der Waals surface area contributed by atoms with Crippen LogP contribution >= 0.6 is 0 Å². The Kier molecular flexibility index (Phi) is 3.93. The lowest BCUT2D eigenvalue weighted by atomic mass is 9.82. The van der Waals surface area contributed by atoms with Gasteiger partial charge in [0.15, 0.2) is 0 Å². The van der Waals surface area contributed by atoms with Crippen molar-refractivity contribution in [1.82, 2.24) is 10.2 Å². The summed E-state index contributed by atoms with van der Waals surface area (Å²) in [5, 5.41) is 3.36. The Morgan fingerprint density at radius 2 is 1.72 bits per heavy atom. The van der Waals surface area contributed by atoms with Crippen molar-refractivity contribution in [1.29, 1.82) is 0 Å². The van der Waals surface area contributed by atoms with Crippen molar-refractivity contribution in [3.8, 4) is 0 Å². The molecule has 1 saturated carbocycles. The number of piperazine rings is 1. The van der Waals surface area contributed by atoms with Crippen LogP contribution in [0.2, 0.25) is 0 Å². The van der Waals surface area contributed by atoms with E-state index < -0.39 is 12.1 Å². The summed E-state index contributed by atoms with van der Waals surface area (Å²) in [4.78, 5) is 2.41. The second-order valence-corrected chi connectivity index (χ2v) is 6.23. The van der Waals surface area contributed by atoms with Gasteiger partial charge in [0, 0.05) is 31.2 Å². The van der Waals surface area contributed by atoms with Crippen molar-refractivity contribution in [3.63, 3.8) is 0 Å². The summed E-state index contributed by atoms with van der Waals surface area (Å²) in [5.74, 6) is -1.07. The maximum Gasteiger partial charge on any atom is 0.391 e. The van der Waals surface area contributed by atoms with Crippen molar-refractivity contribution >= 4 is 0 Å². The first-order valence-electron chi connectivity index (χ1n) is 6.85. The minimum Gasteiger partial charge on any atom is -0.314 e. The molecule has 0 bridgehead atoms. The summed E-state index contributed by atoms with van der Waals surface area (Å²) < 4.78 is 37.9. The molecule has 0 aromatic carbocycles. The number of rotatable bonds is 1. The lowest BCUT2D eigenvalue weighted by Crippen LogP contribution is -2.61. The summed E-state index contributed by atoms with van der Waals surface area (Å²) in [6.45, 7) is 7.17. The van der Waals surface area contributed by atoms with Crippen LogP contribution in [-0.2, 0) is 0 Å². The van der Waals surface area contributed by atoms with Gasteiger partial charge in [0.05, 0.1) is 5.92 Å². The standard InChI is InChI=1S/C13H23F3N2/c1-12(2)9-17-7-8-18(12)11-5-3-10(4-6-11)13(14,15)16/h10-11,17H,3-9H2,1-2H3. The molecule has 2 rings (SSSR count). The fourth-order valence-corrected chi connectivity index (χ4v) is 3.39. The molecule has 1 aliphatic heterocycles. The van der Waals surface area contributed by atoms with Crippen molar-refractivity contribution in [3.05, 3.63) is 0 Å². The minimum atomic E-state index is -4.00. The van der Waals surface area contributed by atoms with Crippen LogP contribution in [0.5, 0.6) is 0 Å². The second kappa shape index (κ2) is 5.00. The van der Waals surface area contributed by atoms with Crippen molar-refractivity contribution in [2.45, 2.75) is 57.3 Å². The Morgan fingerprint density at radius 1 is 1.11 bits per heavy atom. The third kappa shape index (κ3) is 2.99. The molecule has 5 heteroatoms. The number of halogens is 3. The second-order valence-electron chi connectivity index (χ2n) is 6.23. The normalized spacial score (nSPS) is 34.5. The third-order valence-corrected chi connectivity index (χ3v) is 4.46. The molecule has 0 spiro atoms. The first-order valence-corrected chi connectivity index (χ1v) is 6.85. The zero-order chi connectivity index (χ0) is 13.4. The van der Waals surface area contributed by atoms with Crippen LogP contribution in [0.3, 0.4) is 0 Å². The van der Waals surface area contributed by atoms with E-state index in [9.17, 15) is 13.2 Å². The molecule has 2 nitrogen and oxygen atoms in total. The summed E-state index contributed by atoms with van der Waals surface area (Å²) in [6.07, 6.45) is -2.02. The van der Waals surface area contributed by atoms with Gasteiger partial charge in [-0.05, 0) is 39.5 Å². The van der Waals surface area contributed by atoms with Crippen LogP contribution in [0.15, 0.2) is 0 Å². The highest BCUT2D eigenvalue weighted by Gasteiger charge is 2.44. The Hall–Kier alpha value is -0.290. The average Bonchev–Trinajstić information content (AvgIpc) is 2.27. The van der Waals surface area contributed by atoms with Gasteiger partial charge in [0.2, 0.25) is 0 Å². The van der Waals surface area contributed by atoms with Crippen LogP contribution in [0.1, 0.15) is 39.5 Å². The molecule has 2 aliphatic rings. The average molecular weight is 264 g/mol.